The van der Waals surface area contributed by atoms with E-state index in [9.17, 15) is 9.59 Å². The molecule has 2 aromatic rings. The lowest BCUT2D eigenvalue weighted by Gasteiger charge is -2.17. The number of hydrogen-bond acceptors (Lipinski definition) is 3. The van der Waals surface area contributed by atoms with Gasteiger partial charge in [-0.15, -0.1) is 0 Å². The van der Waals surface area contributed by atoms with Crippen molar-refractivity contribution in [2.24, 2.45) is 0 Å². The predicted molar refractivity (Wildman–Crippen MR) is 86.9 cm³/mol. The van der Waals surface area contributed by atoms with E-state index < -0.39 is 6.04 Å². The van der Waals surface area contributed by atoms with E-state index in [-0.39, 0.29) is 18.2 Å². The first-order valence-electron chi connectivity index (χ1n) is 7.32. The van der Waals surface area contributed by atoms with Gasteiger partial charge in [0.05, 0.1) is 12.1 Å². The maximum absolute atomic E-state index is 12.6. The van der Waals surface area contributed by atoms with Crippen LogP contribution in [0.4, 0.5) is 11.4 Å². The highest BCUT2D eigenvalue weighted by Crippen LogP contribution is 2.26. The van der Waals surface area contributed by atoms with Gasteiger partial charge < -0.3 is 5.32 Å². The molecule has 1 heterocycles. The molecule has 1 saturated heterocycles. The molecule has 0 radical (unpaired) electrons. The number of anilines is 2. The molecule has 1 N–H and O–H groups in total. The molecule has 0 spiro atoms. The van der Waals surface area contributed by atoms with E-state index in [0.717, 1.165) is 16.8 Å². The van der Waals surface area contributed by atoms with E-state index in [1.54, 1.807) is 12.1 Å². The van der Waals surface area contributed by atoms with Crippen LogP contribution in [-0.2, 0) is 9.59 Å². The summed E-state index contributed by atoms with van der Waals surface area (Å²) in [5.41, 5.74) is 3.71. The van der Waals surface area contributed by atoms with E-state index in [1.807, 2.05) is 50.2 Å². The zero-order valence-electron chi connectivity index (χ0n) is 12.7. The molecule has 1 aliphatic rings. The summed E-state index contributed by atoms with van der Waals surface area (Å²) in [6, 6.07) is 14.6. The number of carbonyl (C=O) groups excluding carboxylic acids is 2. The molecule has 2 aromatic carbocycles. The third-order valence-corrected chi connectivity index (χ3v) is 3.88. The molecule has 0 aromatic heterocycles. The molecule has 0 bridgehead atoms. The Bertz CT molecular complexity index is 725. The second-order valence-electron chi connectivity index (χ2n) is 5.62. The van der Waals surface area contributed by atoms with Crippen molar-refractivity contribution in [3.63, 3.8) is 0 Å². The van der Waals surface area contributed by atoms with Gasteiger partial charge >= 0.3 is 0 Å². The van der Waals surface area contributed by atoms with Gasteiger partial charge in [0, 0.05) is 5.69 Å². The van der Waals surface area contributed by atoms with E-state index in [1.165, 1.54) is 4.90 Å². The average Bonchev–Trinajstić information content (AvgIpc) is 2.78. The van der Waals surface area contributed by atoms with Gasteiger partial charge in [0.25, 0.3) is 5.91 Å². The van der Waals surface area contributed by atoms with E-state index in [4.69, 9.17) is 0 Å². The number of hydrogen-bond donors (Lipinski definition) is 1. The molecule has 1 atom stereocenters. The van der Waals surface area contributed by atoms with Gasteiger partial charge in [0.15, 0.2) is 0 Å². The molecule has 1 aliphatic heterocycles. The topological polar surface area (TPSA) is 49.4 Å². The summed E-state index contributed by atoms with van der Waals surface area (Å²) in [6.07, 6.45) is 0.182. The Morgan fingerprint density at radius 3 is 2.50 bits per heavy atom. The zero-order valence-corrected chi connectivity index (χ0v) is 12.7. The average molecular weight is 294 g/mol. The van der Waals surface area contributed by atoms with Crippen molar-refractivity contribution in [3.8, 4) is 0 Å². The molecule has 2 amide bonds. The first-order chi connectivity index (χ1) is 10.6. The van der Waals surface area contributed by atoms with Crippen LogP contribution in [0.5, 0.6) is 0 Å². The highest BCUT2D eigenvalue weighted by atomic mass is 16.2. The van der Waals surface area contributed by atoms with Gasteiger partial charge in [0.2, 0.25) is 5.91 Å². The molecule has 1 fully saturated rings. The number of imide groups is 1. The Kier molecular flexibility index (Phi) is 3.67. The molecule has 3 rings (SSSR count). The van der Waals surface area contributed by atoms with Crippen molar-refractivity contribution in [2.75, 3.05) is 10.2 Å². The lowest BCUT2D eigenvalue weighted by Crippen LogP contribution is -2.34. The third-order valence-electron chi connectivity index (χ3n) is 3.88. The fourth-order valence-electron chi connectivity index (χ4n) is 2.67. The number of carbonyl (C=O) groups is 2. The van der Waals surface area contributed by atoms with Crippen molar-refractivity contribution in [2.45, 2.75) is 26.3 Å². The first-order valence-corrected chi connectivity index (χ1v) is 7.32. The number of aryl methyl sites for hydroxylation is 2. The Morgan fingerprint density at radius 1 is 1.05 bits per heavy atom. The summed E-state index contributed by atoms with van der Waals surface area (Å²) in [6.45, 7) is 3.99. The first kappa shape index (κ1) is 14.3. The van der Waals surface area contributed by atoms with Crippen LogP contribution in [0, 0.1) is 13.8 Å². The van der Waals surface area contributed by atoms with Crippen molar-refractivity contribution >= 4 is 23.2 Å². The minimum Gasteiger partial charge on any atom is -0.373 e. The molecule has 0 saturated carbocycles. The molecule has 0 unspecified atom stereocenters. The van der Waals surface area contributed by atoms with Crippen LogP contribution in [0.3, 0.4) is 0 Å². The highest BCUT2D eigenvalue weighted by molar-refractivity contribution is 6.23. The van der Waals surface area contributed by atoms with Gasteiger partial charge in [-0.3, -0.25) is 9.59 Å². The maximum Gasteiger partial charge on any atom is 0.256 e. The van der Waals surface area contributed by atoms with Crippen molar-refractivity contribution < 1.29 is 9.59 Å². The lowest BCUT2D eigenvalue weighted by molar-refractivity contribution is -0.121. The van der Waals surface area contributed by atoms with Crippen LogP contribution in [-0.4, -0.2) is 17.9 Å². The fourth-order valence-corrected chi connectivity index (χ4v) is 2.67. The van der Waals surface area contributed by atoms with Gasteiger partial charge in [0.1, 0.15) is 6.04 Å². The van der Waals surface area contributed by atoms with Crippen LogP contribution in [0.1, 0.15) is 17.5 Å². The molecule has 0 aliphatic carbocycles. The smallest absolute Gasteiger partial charge is 0.256 e. The minimum atomic E-state index is -0.506. The number of amides is 2. The Balaban J connectivity index is 1.84. The van der Waals surface area contributed by atoms with Crippen LogP contribution in [0.2, 0.25) is 0 Å². The van der Waals surface area contributed by atoms with Crippen LogP contribution < -0.4 is 10.2 Å². The zero-order chi connectivity index (χ0) is 15.7. The SMILES string of the molecule is Cc1ccc(C)c(N[C@@H]2CC(=O)N(c3ccccc3)C2=O)c1. The lowest BCUT2D eigenvalue weighted by atomic mass is 10.1. The second-order valence-corrected chi connectivity index (χ2v) is 5.62. The largest absolute Gasteiger partial charge is 0.373 e. The summed E-state index contributed by atoms with van der Waals surface area (Å²) >= 11 is 0. The van der Waals surface area contributed by atoms with Crippen LogP contribution in [0.25, 0.3) is 0 Å². The summed E-state index contributed by atoms with van der Waals surface area (Å²) in [4.78, 5) is 26.0. The molecular formula is C18H18N2O2. The summed E-state index contributed by atoms with van der Waals surface area (Å²) in [5.74, 6) is -0.365. The van der Waals surface area contributed by atoms with Crippen molar-refractivity contribution in [1.82, 2.24) is 0 Å². The van der Waals surface area contributed by atoms with E-state index >= 15 is 0 Å². The molecule has 22 heavy (non-hydrogen) atoms. The highest BCUT2D eigenvalue weighted by Gasteiger charge is 2.39. The van der Waals surface area contributed by atoms with Crippen molar-refractivity contribution in [1.29, 1.82) is 0 Å². The molecular weight excluding hydrogens is 276 g/mol. The van der Waals surface area contributed by atoms with Crippen LogP contribution in [0.15, 0.2) is 48.5 Å². The van der Waals surface area contributed by atoms with Crippen molar-refractivity contribution in [3.05, 3.63) is 59.7 Å². The van der Waals surface area contributed by atoms with Crippen LogP contribution >= 0.6 is 0 Å². The molecule has 4 heteroatoms. The van der Waals surface area contributed by atoms with Gasteiger partial charge in [-0.1, -0.05) is 30.3 Å². The van der Waals surface area contributed by atoms with E-state index in [2.05, 4.69) is 5.32 Å². The number of rotatable bonds is 3. The Labute approximate surface area is 129 Å². The molecule has 112 valence electrons. The second kappa shape index (κ2) is 5.64. The summed E-state index contributed by atoms with van der Waals surface area (Å²) in [5, 5.41) is 3.22. The predicted octanol–water partition coefficient (Wildman–Crippen LogP) is 3.05. The normalized spacial score (nSPS) is 17.9. The van der Waals surface area contributed by atoms with Gasteiger partial charge in [-0.2, -0.15) is 0 Å². The van der Waals surface area contributed by atoms with Gasteiger partial charge in [-0.25, -0.2) is 4.90 Å². The number of benzene rings is 2. The molecule has 4 nitrogen and oxygen atoms in total. The standard InChI is InChI=1S/C18H18N2O2/c1-12-8-9-13(2)15(10-12)19-16-11-17(21)20(18(16)22)14-6-4-3-5-7-14/h3-10,16,19H,11H2,1-2H3/t16-/m1/s1. The summed E-state index contributed by atoms with van der Waals surface area (Å²) in [7, 11) is 0. The quantitative estimate of drug-likeness (QED) is 0.885. The third kappa shape index (κ3) is 2.60. The monoisotopic (exact) mass is 294 g/mol. The van der Waals surface area contributed by atoms with Gasteiger partial charge in [-0.05, 0) is 43.2 Å². The Morgan fingerprint density at radius 2 is 1.77 bits per heavy atom. The number of para-hydroxylation sites is 1. The maximum atomic E-state index is 12.6. The Hall–Kier alpha value is -2.62. The number of nitrogens with one attached hydrogen (secondary N) is 1. The number of nitrogens with zero attached hydrogens (tertiary/aromatic N) is 1. The fraction of sp³-hybridized carbons (Fsp3) is 0.222. The van der Waals surface area contributed by atoms with E-state index in [0.29, 0.717) is 5.69 Å². The minimum absolute atomic E-state index is 0.168. The summed E-state index contributed by atoms with van der Waals surface area (Å²) < 4.78 is 0.